The average molecular weight is 272 g/mol. The van der Waals surface area contributed by atoms with Crippen molar-refractivity contribution in [2.45, 2.75) is 6.54 Å². The van der Waals surface area contributed by atoms with Gasteiger partial charge in [-0.2, -0.15) is 0 Å². The number of benzene rings is 1. The van der Waals surface area contributed by atoms with Crippen LogP contribution in [-0.2, 0) is 6.54 Å². The van der Waals surface area contributed by atoms with E-state index >= 15 is 0 Å². The van der Waals surface area contributed by atoms with Crippen LogP contribution in [0.15, 0.2) is 48.7 Å². The molecule has 1 heterocycles. The molecular formula is C15H16N2O3. The second-order valence-electron chi connectivity index (χ2n) is 4.17. The highest BCUT2D eigenvalue weighted by Crippen LogP contribution is 2.14. The smallest absolute Gasteiger partial charge is 0.358 e. The van der Waals surface area contributed by atoms with Gasteiger partial charge in [-0.3, -0.25) is 0 Å². The summed E-state index contributed by atoms with van der Waals surface area (Å²) in [5, 5.41) is 12.2. The van der Waals surface area contributed by atoms with Crippen LogP contribution < -0.4 is 10.1 Å². The molecule has 2 aromatic rings. The van der Waals surface area contributed by atoms with Crippen LogP contribution in [0.25, 0.3) is 0 Å². The Hall–Kier alpha value is -2.40. The zero-order valence-corrected chi connectivity index (χ0v) is 11.0. The highest BCUT2D eigenvalue weighted by Gasteiger charge is 2.11. The topological polar surface area (TPSA) is 71.5 Å². The first-order valence-electron chi connectivity index (χ1n) is 6.33. The van der Waals surface area contributed by atoms with Crippen LogP contribution in [0.5, 0.6) is 5.75 Å². The van der Waals surface area contributed by atoms with Crippen molar-refractivity contribution in [1.29, 1.82) is 0 Å². The predicted octanol–water partition coefficient (Wildman–Crippen LogP) is 1.95. The van der Waals surface area contributed by atoms with E-state index in [1.807, 2.05) is 30.3 Å². The number of nitrogens with one attached hydrogen (secondary N) is 1. The normalized spacial score (nSPS) is 10.2. The summed E-state index contributed by atoms with van der Waals surface area (Å²) in [4.78, 5) is 14.7. The Bertz CT molecular complexity index is 558. The lowest BCUT2D eigenvalue weighted by Crippen LogP contribution is -2.21. The Kier molecular flexibility index (Phi) is 5.08. The average Bonchev–Trinajstić information content (AvgIpc) is 2.48. The molecule has 5 nitrogen and oxygen atoms in total. The molecule has 1 aromatic carbocycles. The van der Waals surface area contributed by atoms with Crippen LogP contribution >= 0.6 is 0 Å². The number of hydrogen-bond donors (Lipinski definition) is 2. The standard InChI is InChI=1S/C15H16N2O3/c18-15(19)14-13(7-4-8-17-14)20-10-9-16-11-12-5-2-1-3-6-12/h1-8,16H,9-11H2,(H,18,19). The van der Waals surface area contributed by atoms with Crippen molar-refractivity contribution in [3.8, 4) is 5.75 Å². The summed E-state index contributed by atoms with van der Waals surface area (Å²) in [5.41, 5.74) is 1.13. The first-order chi connectivity index (χ1) is 9.77. The van der Waals surface area contributed by atoms with E-state index in [4.69, 9.17) is 9.84 Å². The molecule has 0 fully saturated rings. The maximum Gasteiger partial charge on any atom is 0.358 e. The third-order valence-corrected chi connectivity index (χ3v) is 2.68. The van der Waals surface area contributed by atoms with Gasteiger partial charge in [0.15, 0.2) is 11.4 Å². The van der Waals surface area contributed by atoms with Crippen molar-refractivity contribution in [2.75, 3.05) is 13.2 Å². The zero-order chi connectivity index (χ0) is 14.2. The van der Waals surface area contributed by atoms with E-state index in [1.165, 1.54) is 11.8 Å². The maximum atomic E-state index is 10.9. The second-order valence-corrected chi connectivity index (χ2v) is 4.17. The maximum absolute atomic E-state index is 10.9. The third kappa shape index (κ3) is 4.07. The molecule has 0 atom stereocenters. The number of ether oxygens (including phenoxy) is 1. The lowest BCUT2D eigenvalue weighted by atomic mass is 10.2. The number of carboxylic acid groups (broad SMARTS) is 1. The quantitative estimate of drug-likeness (QED) is 0.754. The molecule has 0 unspecified atom stereocenters. The van der Waals surface area contributed by atoms with Crippen LogP contribution in [0.1, 0.15) is 16.1 Å². The Morgan fingerprint density at radius 3 is 2.75 bits per heavy atom. The molecule has 0 bridgehead atoms. The van der Waals surface area contributed by atoms with Crippen LogP contribution in [0.3, 0.4) is 0 Å². The van der Waals surface area contributed by atoms with E-state index in [-0.39, 0.29) is 5.69 Å². The minimum absolute atomic E-state index is 0.0597. The van der Waals surface area contributed by atoms with Gasteiger partial charge in [0, 0.05) is 19.3 Å². The van der Waals surface area contributed by atoms with Crippen molar-refractivity contribution in [3.05, 3.63) is 59.9 Å². The Morgan fingerprint density at radius 1 is 1.20 bits per heavy atom. The molecular weight excluding hydrogens is 256 g/mol. The minimum atomic E-state index is -1.09. The zero-order valence-electron chi connectivity index (χ0n) is 11.0. The molecule has 104 valence electrons. The summed E-state index contributed by atoms with van der Waals surface area (Å²) in [6.07, 6.45) is 1.43. The third-order valence-electron chi connectivity index (χ3n) is 2.68. The first-order valence-corrected chi connectivity index (χ1v) is 6.33. The SMILES string of the molecule is O=C(O)c1ncccc1OCCNCc1ccccc1. The molecule has 0 aliphatic rings. The van der Waals surface area contributed by atoms with E-state index in [0.717, 1.165) is 6.54 Å². The fourth-order valence-corrected chi connectivity index (χ4v) is 1.73. The molecule has 0 amide bonds. The van der Waals surface area contributed by atoms with Crippen molar-refractivity contribution in [2.24, 2.45) is 0 Å². The number of hydrogen-bond acceptors (Lipinski definition) is 4. The molecule has 0 radical (unpaired) electrons. The molecule has 0 aliphatic carbocycles. The summed E-state index contributed by atoms with van der Waals surface area (Å²) >= 11 is 0. The fourth-order valence-electron chi connectivity index (χ4n) is 1.73. The van der Waals surface area contributed by atoms with E-state index in [9.17, 15) is 4.79 Å². The van der Waals surface area contributed by atoms with Crippen LogP contribution in [0.2, 0.25) is 0 Å². The van der Waals surface area contributed by atoms with Gasteiger partial charge in [-0.15, -0.1) is 0 Å². The summed E-state index contributed by atoms with van der Waals surface area (Å²) < 4.78 is 5.43. The summed E-state index contributed by atoms with van der Waals surface area (Å²) in [6.45, 7) is 1.77. The molecule has 20 heavy (non-hydrogen) atoms. The van der Waals surface area contributed by atoms with Crippen molar-refractivity contribution < 1.29 is 14.6 Å². The first kappa shape index (κ1) is 14.0. The van der Waals surface area contributed by atoms with Gasteiger partial charge in [0.25, 0.3) is 0 Å². The van der Waals surface area contributed by atoms with Gasteiger partial charge in [0.1, 0.15) is 6.61 Å². The molecule has 0 aliphatic heterocycles. The summed E-state index contributed by atoms with van der Waals surface area (Å²) in [5.74, 6) is -0.792. The number of pyridine rings is 1. The number of rotatable bonds is 7. The van der Waals surface area contributed by atoms with Gasteiger partial charge >= 0.3 is 5.97 Å². The molecule has 1 aromatic heterocycles. The van der Waals surface area contributed by atoms with Gasteiger partial charge in [-0.1, -0.05) is 30.3 Å². The Labute approximate surface area is 117 Å². The number of carboxylic acids is 1. The van der Waals surface area contributed by atoms with Crippen LogP contribution in [-0.4, -0.2) is 29.2 Å². The molecule has 0 saturated heterocycles. The van der Waals surface area contributed by atoms with Crippen molar-refractivity contribution >= 4 is 5.97 Å². The second kappa shape index (κ2) is 7.25. The lowest BCUT2D eigenvalue weighted by Gasteiger charge is -2.09. The fraction of sp³-hybridized carbons (Fsp3) is 0.200. The van der Waals surface area contributed by atoms with E-state index < -0.39 is 5.97 Å². The van der Waals surface area contributed by atoms with E-state index in [1.54, 1.807) is 12.1 Å². The Morgan fingerprint density at radius 2 is 2.00 bits per heavy atom. The highest BCUT2D eigenvalue weighted by atomic mass is 16.5. The number of carbonyl (C=O) groups is 1. The van der Waals surface area contributed by atoms with Gasteiger partial charge in [0.05, 0.1) is 0 Å². The number of nitrogens with zero attached hydrogens (tertiary/aromatic N) is 1. The molecule has 2 N–H and O–H groups in total. The summed E-state index contributed by atoms with van der Waals surface area (Å²) in [6, 6.07) is 13.3. The Balaban J connectivity index is 1.75. The molecule has 0 saturated carbocycles. The largest absolute Gasteiger partial charge is 0.490 e. The van der Waals surface area contributed by atoms with Crippen molar-refractivity contribution in [1.82, 2.24) is 10.3 Å². The number of aromatic nitrogens is 1. The van der Waals surface area contributed by atoms with Gasteiger partial charge in [-0.05, 0) is 17.7 Å². The molecule has 5 heteroatoms. The van der Waals surface area contributed by atoms with E-state index in [0.29, 0.717) is 18.9 Å². The van der Waals surface area contributed by atoms with Crippen LogP contribution in [0.4, 0.5) is 0 Å². The van der Waals surface area contributed by atoms with Crippen molar-refractivity contribution in [3.63, 3.8) is 0 Å². The highest BCUT2D eigenvalue weighted by molar-refractivity contribution is 5.88. The lowest BCUT2D eigenvalue weighted by molar-refractivity contribution is 0.0685. The minimum Gasteiger partial charge on any atom is -0.490 e. The monoisotopic (exact) mass is 272 g/mol. The van der Waals surface area contributed by atoms with Gasteiger partial charge in [0.2, 0.25) is 0 Å². The molecule has 2 rings (SSSR count). The van der Waals surface area contributed by atoms with Gasteiger partial charge < -0.3 is 15.2 Å². The number of aromatic carboxylic acids is 1. The van der Waals surface area contributed by atoms with E-state index in [2.05, 4.69) is 10.3 Å². The predicted molar refractivity (Wildman–Crippen MR) is 74.8 cm³/mol. The summed E-state index contributed by atoms with van der Waals surface area (Å²) in [7, 11) is 0. The van der Waals surface area contributed by atoms with Crippen LogP contribution in [0, 0.1) is 0 Å². The van der Waals surface area contributed by atoms with Gasteiger partial charge in [-0.25, -0.2) is 9.78 Å². The molecule has 0 spiro atoms.